The lowest BCUT2D eigenvalue weighted by atomic mass is 9.91. The number of fused-ring (bicyclic) bond motifs is 3. The van der Waals surface area contributed by atoms with Crippen molar-refractivity contribution in [1.29, 1.82) is 0 Å². The van der Waals surface area contributed by atoms with Crippen LogP contribution in [0, 0.1) is 0 Å². The van der Waals surface area contributed by atoms with Crippen LogP contribution in [0.3, 0.4) is 0 Å². The Morgan fingerprint density at radius 1 is 1.13 bits per heavy atom. The van der Waals surface area contributed by atoms with Crippen LogP contribution in [0.5, 0.6) is 0 Å². The summed E-state index contributed by atoms with van der Waals surface area (Å²) in [6.07, 6.45) is 1.67. The molecule has 158 valence electrons. The molecule has 2 aromatic carbocycles. The maximum Gasteiger partial charge on any atom is 0.289 e. The highest BCUT2D eigenvalue weighted by Crippen LogP contribution is 2.38. The molecule has 0 spiro atoms. The number of thioether (sulfide) groups is 1. The Kier molecular flexibility index (Phi) is 5.06. The van der Waals surface area contributed by atoms with E-state index in [9.17, 15) is 14.4 Å². The number of amides is 3. The van der Waals surface area contributed by atoms with Crippen molar-refractivity contribution < 1.29 is 14.4 Å². The minimum atomic E-state index is -0.342. The molecule has 6 nitrogen and oxygen atoms in total. The van der Waals surface area contributed by atoms with Crippen LogP contribution in [0.15, 0.2) is 48.5 Å². The van der Waals surface area contributed by atoms with Gasteiger partial charge in [-0.3, -0.25) is 19.3 Å². The molecule has 3 heterocycles. The number of hydrogen-bond acceptors (Lipinski definition) is 4. The second-order valence-electron chi connectivity index (χ2n) is 7.93. The molecular weight excluding hydrogens is 410 g/mol. The van der Waals surface area contributed by atoms with Crippen molar-refractivity contribution in [2.75, 3.05) is 18.8 Å². The number of rotatable bonds is 4. The molecule has 7 heteroatoms. The van der Waals surface area contributed by atoms with E-state index in [0.717, 1.165) is 46.3 Å². The van der Waals surface area contributed by atoms with Gasteiger partial charge in [-0.15, -0.1) is 0 Å². The zero-order valence-corrected chi connectivity index (χ0v) is 18.1. The topological polar surface area (TPSA) is 73.5 Å². The first-order valence-corrected chi connectivity index (χ1v) is 11.5. The largest absolute Gasteiger partial charge is 0.356 e. The molecule has 1 aromatic heterocycles. The average molecular weight is 434 g/mol. The second kappa shape index (κ2) is 7.89. The zero-order valence-electron chi connectivity index (χ0n) is 17.3. The lowest BCUT2D eigenvalue weighted by Gasteiger charge is -2.37. The molecule has 3 amide bonds. The molecule has 2 aliphatic heterocycles. The van der Waals surface area contributed by atoms with Crippen LogP contribution >= 0.6 is 11.8 Å². The van der Waals surface area contributed by atoms with Gasteiger partial charge in [-0.1, -0.05) is 61.2 Å². The number of aromatic nitrogens is 1. The molecule has 31 heavy (non-hydrogen) atoms. The zero-order chi connectivity index (χ0) is 21.5. The normalized spacial score (nSPS) is 18.7. The van der Waals surface area contributed by atoms with E-state index >= 15 is 0 Å². The van der Waals surface area contributed by atoms with Gasteiger partial charge in [0.1, 0.15) is 6.54 Å². The number of H-pyrrole nitrogens is 1. The molecule has 1 atom stereocenters. The number of hydrogen-bond donors (Lipinski definition) is 1. The van der Waals surface area contributed by atoms with Crippen molar-refractivity contribution in [3.63, 3.8) is 0 Å². The van der Waals surface area contributed by atoms with Gasteiger partial charge < -0.3 is 9.88 Å². The van der Waals surface area contributed by atoms with Crippen LogP contribution < -0.4 is 0 Å². The van der Waals surface area contributed by atoms with Crippen molar-refractivity contribution in [1.82, 2.24) is 14.8 Å². The van der Waals surface area contributed by atoms with E-state index < -0.39 is 0 Å². The van der Waals surface area contributed by atoms with E-state index in [1.807, 2.05) is 17.0 Å². The van der Waals surface area contributed by atoms with Crippen LogP contribution in [0.2, 0.25) is 0 Å². The first-order chi connectivity index (χ1) is 15.1. The molecule has 3 aromatic rings. The van der Waals surface area contributed by atoms with Crippen LogP contribution in [0.4, 0.5) is 4.79 Å². The minimum Gasteiger partial charge on any atom is -0.356 e. The molecule has 5 rings (SSSR count). The SMILES string of the molecule is CCc1ccc([C@@H]2c3[nH]c4ccccc4c3CCN2C(=O)CN2C(=O)CSC2=O)cc1. The van der Waals surface area contributed by atoms with E-state index in [1.54, 1.807) is 0 Å². The van der Waals surface area contributed by atoms with Gasteiger partial charge in [0.05, 0.1) is 11.8 Å². The summed E-state index contributed by atoms with van der Waals surface area (Å²) in [5.74, 6) is -0.395. The number of carbonyl (C=O) groups excluding carboxylic acids is 3. The maximum absolute atomic E-state index is 13.3. The summed E-state index contributed by atoms with van der Waals surface area (Å²) in [6, 6.07) is 16.3. The highest BCUT2D eigenvalue weighted by atomic mass is 32.2. The Hall–Kier alpha value is -3.06. The number of para-hydroxylation sites is 1. The van der Waals surface area contributed by atoms with E-state index in [4.69, 9.17) is 0 Å². The van der Waals surface area contributed by atoms with Crippen molar-refractivity contribution in [3.05, 3.63) is 70.9 Å². The fourth-order valence-electron chi connectivity index (χ4n) is 4.55. The quantitative estimate of drug-likeness (QED) is 0.677. The Morgan fingerprint density at radius 3 is 2.61 bits per heavy atom. The number of aryl methyl sites for hydroxylation is 1. The molecule has 0 aliphatic carbocycles. The van der Waals surface area contributed by atoms with Gasteiger partial charge in [-0.2, -0.15) is 0 Å². The van der Waals surface area contributed by atoms with E-state index in [2.05, 4.69) is 48.3 Å². The lowest BCUT2D eigenvalue weighted by Crippen LogP contribution is -2.46. The Morgan fingerprint density at radius 2 is 1.90 bits per heavy atom. The van der Waals surface area contributed by atoms with Crippen molar-refractivity contribution in [2.45, 2.75) is 25.8 Å². The summed E-state index contributed by atoms with van der Waals surface area (Å²) in [5, 5.41) is 0.839. The minimum absolute atomic E-state index is 0.111. The predicted molar refractivity (Wildman–Crippen MR) is 121 cm³/mol. The smallest absolute Gasteiger partial charge is 0.289 e. The van der Waals surface area contributed by atoms with E-state index in [-0.39, 0.29) is 35.4 Å². The third-order valence-corrected chi connectivity index (χ3v) is 7.05. The Balaban J connectivity index is 1.55. The monoisotopic (exact) mass is 433 g/mol. The van der Waals surface area contributed by atoms with Gasteiger partial charge in [0.15, 0.2) is 0 Å². The maximum atomic E-state index is 13.3. The summed E-state index contributed by atoms with van der Waals surface area (Å²) in [7, 11) is 0. The lowest BCUT2D eigenvalue weighted by molar-refractivity contribution is -0.138. The third kappa shape index (κ3) is 3.43. The molecule has 1 N–H and O–H groups in total. The highest BCUT2D eigenvalue weighted by Gasteiger charge is 2.38. The summed E-state index contributed by atoms with van der Waals surface area (Å²) in [4.78, 5) is 43.8. The van der Waals surface area contributed by atoms with Crippen LogP contribution in [-0.4, -0.2) is 50.7 Å². The molecule has 0 radical (unpaired) electrons. The Labute approximate surface area is 184 Å². The number of nitrogens with one attached hydrogen (secondary N) is 1. The van der Waals surface area contributed by atoms with Gasteiger partial charge >= 0.3 is 0 Å². The Bertz CT molecular complexity index is 1170. The average Bonchev–Trinajstić information content (AvgIpc) is 3.33. The standard InChI is InChI=1S/C24H23N3O3S/c1-2-15-7-9-16(10-8-15)23-22-18(17-5-3-4-6-19(17)25-22)11-12-26(23)20(28)13-27-21(29)14-31-24(27)30/h3-10,23,25H,2,11-14H2,1H3/t23-/m1/s1. The first kappa shape index (κ1) is 19.9. The third-order valence-electron chi connectivity index (χ3n) is 6.19. The summed E-state index contributed by atoms with van der Waals surface area (Å²) in [6.45, 7) is 2.45. The van der Waals surface area contributed by atoms with Crippen LogP contribution in [0.25, 0.3) is 10.9 Å². The van der Waals surface area contributed by atoms with Crippen LogP contribution in [-0.2, 0) is 22.4 Å². The molecule has 0 bridgehead atoms. The molecule has 2 aliphatic rings. The second-order valence-corrected chi connectivity index (χ2v) is 8.86. The number of carbonyl (C=O) groups is 3. The van der Waals surface area contributed by atoms with Crippen molar-refractivity contribution in [3.8, 4) is 0 Å². The number of nitrogens with zero attached hydrogens (tertiary/aromatic N) is 2. The predicted octanol–water partition coefficient (Wildman–Crippen LogP) is 3.90. The number of benzene rings is 2. The fraction of sp³-hybridized carbons (Fsp3) is 0.292. The van der Waals surface area contributed by atoms with Gasteiger partial charge in [0.2, 0.25) is 11.8 Å². The van der Waals surface area contributed by atoms with Gasteiger partial charge in [-0.25, -0.2) is 0 Å². The molecular formula is C24H23N3O3S. The van der Waals surface area contributed by atoms with E-state index in [0.29, 0.717) is 6.54 Å². The van der Waals surface area contributed by atoms with E-state index in [1.165, 1.54) is 16.5 Å². The van der Waals surface area contributed by atoms with Gasteiger partial charge in [0, 0.05) is 23.1 Å². The van der Waals surface area contributed by atoms with Crippen molar-refractivity contribution in [2.24, 2.45) is 0 Å². The molecule has 1 fully saturated rings. The first-order valence-electron chi connectivity index (χ1n) is 10.5. The van der Waals surface area contributed by atoms with Crippen molar-refractivity contribution >= 4 is 39.7 Å². The molecule has 0 saturated carbocycles. The van der Waals surface area contributed by atoms with Crippen LogP contribution in [0.1, 0.15) is 35.3 Å². The summed E-state index contributed by atoms with van der Waals surface area (Å²) >= 11 is 0.955. The fourth-order valence-corrected chi connectivity index (χ4v) is 5.28. The molecule has 0 unspecified atom stereocenters. The number of imide groups is 1. The summed E-state index contributed by atoms with van der Waals surface area (Å²) < 4.78 is 0. The highest BCUT2D eigenvalue weighted by molar-refractivity contribution is 8.14. The van der Waals surface area contributed by atoms with Gasteiger partial charge in [0.25, 0.3) is 5.24 Å². The van der Waals surface area contributed by atoms with Gasteiger partial charge in [-0.05, 0) is 35.6 Å². The number of aromatic amines is 1. The summed E-state index contributed by atoms with van der Waals surface area (Å²) in [5.41, 5.74) is 5.55. The molecule has 1 saturated heterocycles.